The number of piperidine rings is 1. The van der Waals surface area contributed by atoms with Crippen molar-refractivity contribution in [1.82, 2.24) is 4.90 Å². The normalized spacial score (nSPS) is 19.1. The predicted molar refractivity (Wildman–Crippen MR) is 115 cm³/mol. The van der Waals surface area contributed by atoms with E-state index < -0.39 is 0 Å². The van der Waals surface area contributed by atoms with Crippen LogP contribution >= 0.6 is 11.3 Å². The van der Waals surface area contributed by atoms with Crippen molar-refractivity contribution in [3.05, 3.63) is 46.2 Å². The molecule has 1 unspecified atom stereocenters. The first-order valence-electron chi connectivity index (χ1n) is 10.2. The van der Waals surface area contributed by atoms with Crippen LogP contribution in [0.1, 0.15) is 40.8 Å². The van der Waals surface area contributed by atoms with Gasteiger partial charge >= 0.3 is 6.09 Å². The third-order valence-electron chi connectivity index (χ3n) is 5.53. The summed E-state index contributed by atoms with van der Waals surface area (Å²) in [5.74, 6) is -0.327. The first kappa shape index (κ1) is 21.2. The summed E-state index contributed by atoms with van der Waals surface area (Å²) in [7, 11) is 0. The average Bonchev–Trinajstić information content (AvgIpc) is 3.39. The summed E-state index contributed by atoms with van der Waals surface area (Å²) >= 11 is 1.36. The maximum atomic E-state index is 12.4. The second-order valence-corrected chi connectivity index (χ2v) is 8.77. The Morgan fingerprint density at radius 3 is 2.87 bits per heavy atom. The minimum atomic E-state index is -0.352. The summed E-state index contributed by atoms with van der Waals surface area (Å²) in [5, 5.41) is 22.5. The van der Waals surface area contributed by atoms with Crippen LogP contribution in [0, 0.1) is 11.3 Å². The number of aliphatic hydroxyl groups excluding tert-OH is 1. The van der Waals surface area contributed by atoms with Crippen molar-refractivity contribution in [2.75, 3.05) is 18.4 Å². The van der Waals surface area contributed by atoms with Crippen LogP contribution < -0.4 is 5.32 Å². The molecule has 4 rings (SSSR count). The molecule has 0 spiro atoms. The molecule has 1 atom stereocenters. The van der Waals surface area contributed by atoms with Gasteiger partial charge in [-0.2, -0.15) is 5.26 Å². The smallest absolute Gasteiger partial charge is 0.410 e. The van der Waals surface area contributed by atoms with E-state index in [0.717, 1.165) is 16.0 Å². The molecule has 0 saturated carbocycles. The quantitative estimate of drug-likeness (QED) is 0.703. The molecule has 1 aliphatic carbocycles. The van der Waals surface area contributed by atoms with Crippen LogP contribution in [0.15, 0.2) is 29.1 Å². The summed E-state index contributed by atoms with van der Waals surface area (Å²) in [6, 6.07) is 3.95. The number of anilines is 1. The highest BCUT2D eigenvalue weighted by Crippen LogP contribution is 2.38. The highest BCUT2D eigenvalue weighted by molar-refractivity contribution is 7.16. The number of hydrogen-bond donors (Lipinski definition) is 2. The lowest BCUT2D eigenvalue weighted by Gasteiger charge is -2.31. The number of nitrogens with zero attached hydrogens (tertiary/aromatic N) is 2. The van der Waals surface area contributed by atoms with E-state index in [1.165, 1.54) is 29.9 Å². The van der Waals surface area contributed by atoms with Crippen LogP contribution in [0.4, 0.5) is 9.80 Å². The van der Waals surface area contributed by atoms with Gasteiger partial charge in [-0.1, -0.05) is 0 Å². The minimum absolute atomic E-state index is 0.262. The molecule has 2 aliphatic rings. The van der Waals surface area contributed by atoms with Gasteiger partial charge in [0.05, 0.1) is 24.2 Å². The van der Waals surface area contributed by atoms with Crippen molar-refractivity contribution in [2.24, 2.45) is 0 Å². The largest absolute Gasteiger partial charge is 0.472 e. The molecule has 2 N–H and O–H groups in total. The number of nitriles is 1. The van der Waals surface area contributed by atoms with Crippen molar-refractivity contribution in [3.63, 3.8) is 0 Å². The lowest BCUT2D eigenvalue weighted by molar-refractivity contribution is -0.111. The first-order valence-corrected chi connectivity index (χ1v) is 11.0. The molecule has 9 heteroatoms. The second kappa shape index (κ2) is 9.37. The summed E-state index contributed by atoms with van der Waals surface area (Å²) in [4.78, 5) is 27.3. The topological polar surface area (TPSA) is 116 Å². The number of fused-ring (bicyclic) bond motifs is 1. The zero-order valence-corrected chi connectivity index (χ0v) is 17.7. The van der Waals surface area contributed by atoms with Crippen molar-refractivity contribution in [1.29, 1.82) is 5.26 Å². The van der Waals surface area contributed by atoms with Gasteiger partial charge in [0.15, 0.2) is 0 Å². The Morgan fingerprint density at radius 2 is 2.16 bits per heavy atom. The Balaban J connectivity index is 1.39. The van der Waals surface area contributed by atoms with E-state index in [4.69, 9.17) is 9.15 Å². The Labute approximate surface area is 183 Å². The fraction of sp³-hybridized carbons (Fsp3) is 0.409. The number of hydrogen-bond acceptors (Lipinski definition) is 7. The van der Waals surface area contributed by atoms with Gasteiger partial charge in [0.2, 0.25) is 5.91 Å². The number of ether oxygens (including phenoxy) is 1. The van der Waals surface area contributed by atoms with E-state index in [2.05, 4.69) is 11.4 Å². The summed E-state index contributed by atoms with van der Waals surface area (Å²) < 4.78 is 10.7. The van der Waals surface area contributed by atoms with E-state index in [1.807, 2.05) is 0 Å². The number of rotatable bonds is 4. The standard InChI is InChI=1S/C22H23N3O5S/c23-12-18-17-3-2-16(30-22(28)25-8-5-15(26)6-9-25)11-19(17)31-21(18)24-20(27)4-1-14-7-10-29-13-14/h1,4,7,10,13,15-16,26H,2-3,5-6,8-9,11H2,(H,24,27). The number of nitrogens with one attached hydrogen (secondary N) is 1. The molecule has 0 radical (unpaired) electrons. The third kappa shape index (κ3) is 4.98. The van der Waals surface area contributed by atoms with Crippen LogP contribution in [0.3, 0.4) is 0 Å². The molecule has 2 amide bonds. The molecule has 1 saturated heterocycles. The van der Waals surface area contributed by atoms with Crippen LogP contribution in [-0.2, 0) is 22.4 Å². The number of likely N-dealkylation sites (tertiary alicyclic amines) is 1. The molecule has 1 aliphatic heterocycles. The van der Waals surface area contributed by atoms with Gasteiger partial charge in [-0.25, -0.2) is 4.79 Å². The van der Waals surface area contributed by atoms with Crippen LogP contribution in [-0.4, -0.2) is 47.3 Å². The highest BCUT2D eigenvalue weighted by atomic mass is 32.1. The van der Waals surface area contributed by atoms with Crippen molar-refractivity contribution in [3.8, 4) is 6.07 Å². The van der Waals surface area contributed by atoms with E-state index in [1.54, 1.807) is 17.0 Å². The molecule has 0 aromatic carbocycles. The lowest BCUT2D eigenvalue weighted by atomic mass is 9.94. The van der Waals surface area contributed by atoms with Crippen molar-refractivity contribution < 1.29 is 23.8 Å². The molecule has 0 bridgehead atoms. The maximum absolute atomic E-state index is 12.4. The molecule has 8 nitrogen and oxygen atoms in total. The Kier molecular flexibility index (Phi) is 6.39. The monoisotopic (exact) mass is 441 g/mol. The first-order chi connectivity index (χ1) is 15.0. The van der Waals surface area contributed by atoms with E-state index in [-0.39, 0.29) is 24.2 Å². The third-order valence-corrected chi connectivity index (χ3v) is 6.70. The van der Waals surface area contributed by atoms with Gasteiger partial charge in [0.1, 0.15) is 17.2 Å². The SMILES string of the molecule is N#Cc1c(NC(=O)C=Cc2ccoc2)sc2c1CCC(OC(=O)N1CCC(O)CC1)C2. The number of carbonyl (C=O) groups is 2. The Bertz CT molecular complexity index is 1010. The molecule has 2 aromatic rings. The van der Waals surface area contributed by atoms with Gasteiger partial charge < -0.3 is 24.5 Å². The zero-order chi connectivity index (χ0) is 21.8. The number of furan rings is 1. The molecule has 2 aromatic heterocycles. The van der Waals surface area contributed by atoms with Gasteiger partial charge in [-0.3, -0.25) is 4.79 Å². The average molecular weight is 442 g/mol. The number of thiophene rings is 1. The molecular formula is C22H23N3O5S. The van der Waals surface area contributed by atoms with Crippen LogP contribution in [0.25, 0.3) is 6.08 Å². The zero-order valence-electron chi connectivity index (χ0n) is 16.9. The maximum Gasteiger partial charge on any atom is 0.410 e. The Morgan fingerprint density at radius 1 is 1.35 bits per heavy atom. The van der Waals surface area contributed by atoms with Gasteiger partial charge in [-0.05, 0) is 43.4 Å². The molecule has 1 fully saturated rings. The molecule has 162 valence electrons. The van der Waals surface area contributed by atoms with E-state index >= 15 is 0 Å². The fourth-order valence-corrected chi connectivity index (χ4v) is 5.09. The summed E-state index contributed by atoms with van der Waals surface area (Å²) in [6.45, 7) is 0.996. The molecule has 3 heterocycles. The number of carbonyl (C=O) groups excluding carboxylic acids is 2. The minimum Gasteiger partial charge on any atom is -0.472 e. The van der Waals surface area contributed by atoms with E-state index in [9.17, 15) is 20.0 Å². The van der Waals surface area contributed by atoms with Gasteiger partial charge in [0.25, 0.3) is 0 Å². The fourth-order valence-electron chi connectivity index (χ4n) is 3.82. The van der Waals surface area contributed by atoms with Gasteiger partial charge in [0, 0.05) is 36.0 Å². The van der Waals surface area contributed by atoms with E-state index in [0.29, 0.717) is 55.8 Å². The van der Waals surface area contributed by atoms with Gasteiger partial charge in [-0.15, -0.1) is 11.3 Å². The molecular weight excluding hydrogens is 418 g/mol. The van der Waals surface area contributed by atoms with Crippen molar-refractivity contribution in [2.45, 2.75) is 44.3 Å². The van der Waals surface area contributed by atoms with Crippen LogP contribution in [0.5, 0.6) is 0 Å². The van der Waals surface area contributed by atoms with Crippen LogP contribution in [0.2, 0.25) is 0 Å². The Hall–Kier alpha value is -3.09. The lowest BCUT2D eigenvalue weighted by Crippen LogP contribution is -2.42. The predicted octanol–water partition coefficient (Wildman–Crippen LogP) is 3.32. The molecule has 31 heavy (non-hydrogen) atoms. The summed E-state index contributed by atoms with van der Waals surface area (Å²) in [5.41, 5.74) is 2.18. The highest BCUT2D eigenvalue weighted by Gasteiger charge is 2.30. The second-order valence-electron chi connectivity index (χ2n) is 7.67. The number of aliphatic hydroxyl groups is 1. The number of amides is 2. The van der Waals surface area contributed by atoms with Crippen molar-refractivity contribution >= 4 is 34.4 Å². The summed E-state index contributed by atoms with van der Waals surface area (Å²) in [6.07, 6.45) is 8.03.